The zero-order valence-electron chi connectivity index (χ0n) is 16.6. The monoisotopic (exact) mass is 426 g/mol. The molecule has 0 aliphatic rings. The first-order chi connectivity index (χ1) is 14.5. The van der Waals surface area contributed by atoms with Crippen molar-refractivity contribution in [3.05, 3.63) is 78.9 Å². The zero-order valence-corrected chi connectivity index (χ0v) is 17.4. The Morgan fingerprint density at radius 1 is 0.867 bits per heavy atom. The van der Waals surface area contributed by atoms with Crippen molar-refractivity contribution in [1.29, 1.82) is 0 Å². The van der Waals surface area contributed by atoms with Gasteiger partial charge in [0, 0.05) is 11.8 Å². The smallest absolute Gasteiger partial charge is 0.264 e. The molecule has 156 valence electrons. The number of carbonyl (C=O) groups is 1. The minimum Gasteiger partial charge on any atom is -0.493 e. The molecule has 0 spiro atoms. The van der Waals surface area contributed by atoms with Crippen molar-refractivity contribution in [1.82, 2.24) is 0 Å². The number of hydrogen-bond acceptors (Lipinski definition) is 5. The molecule has 0 saturated carbocycles. The first-order valence-corrected chi connectivity index (χ1v) is 10.5. The molecule has 0 aliphatic heterocycles. The third-order valence-electron chi connectivity index (χ3n) is 4.33. The molecule has 3 rings (SSSR count). The van der Waals surface area contributed by atoms with Crippen molar-refractivity contribution in [3.8, 4) is 11.5 Å². The quantitative estimate of drug-likeness (QED) is 0.596. The number of rotatable bonds is 8. The molecule has 8 heteroatoms. The second kappa shape index (κ2) is 9.32. The molecule has 30 heavy (non-hydrogen) atoms. The summed E-state index contributed by atoms with van der Waals surface area (Å²) in [5.41, 5.74) is 0.853. The number of carbonyl (C=O) groups excluding carboxylic acids is 1. The average Bonchev–Trinajstić information content (AvgIpc) is 2.78. The number of sulfonamides is 1. The van der Waals surface area contributed by atoms with Crippen molar-refractivity contribution in [2.75, 3.05) is 30.4 Å². The lowest BCUT2D eigenvalue weighted by Gasteiger charge is -2.25. The molecule has 3 aromatic rings. The number of ether oxygens (including phenoxy) is 2. The Kier molecular flexibility index (Phi) is 6.58. The van der Waals surface area contributed by atoms with Gasteiger partial charge in [0.2, 0.25) is 5.91 Å². The van der Waals surface area contributed by atoms with Crippen LogP contribution in [0.25, 0.3) is 0 Å². The molecule has 1 amide bonds. The van der Waals surface area contributed by atoms with Crippen molar-refractivity contribution in [2.45, 2.75) is 4.90 Å². The second-order valence-electron chi connectivity index (χ2n) is 6.28. The lowest BCUT2D eigenvalue weighted by Crippen LogP contribution is -2.38. The van der Waals surface area contributed by atoms with E-state index in [1.165, 1.54) is 32.4 Å². The van der Waals surface area contributed by atoms with E-state index >= 15 is 0 Å². The summed E-state index contributed by atoms with van der Waals surface area (Å²) in [6.07, 6.45) is 0. The molecule has 3 aromatic carbocycles. The van der Waals surface area contributed by atoms with Gasteiger partial charge in [0.05, 0.1) is 24.8 Å². The van der Waals surface area contributed by atoms with Crippen molar-refractivity contribution in [2.24, 2.45) is 0 Å². The highest BCUT2D eigenvalue weighted by Crippen LogP contribution is 2.33. The van der Waals surface area contributed by atoms with Gasteiger partial charge in [0.15, 0.2) is 11.5 Å². The van der Waals surface area contributed by atoms with Crippen LogP contribution in [0.4, 0.5) is 11.4 Å². The Morgan fingerprint density at radius 2 is 1.47 bits per heavy atom. The van der Waals surface area contributed by atoms with E-state index in [4.69, 9.17) is 9.47 Å². The van der Waals surface area contributed by atoms with Crippen LogP contribution in [0.15, 0.2) is 83.8 Å². The molecule has 0 heterocycles. The summed E-state index contributed by atoms with van der Waals surface area (Å²) < 4.78 is 38.3. The summed E-state index contributed by atoms with van der Waals surface area (Å²) in [7, 11) is -1.06. The third-order valence-corrected chi connectivity index (χ3v) is 6.12. The molecule has 0 saturated heterocycles. The summed E-state index contributed by atoms with van der Waals surface area (Å²) in [5.74, 6) is 0.328. The first-order valence-electron chi connectivity index (χ1n) is 9.10. The molecule has 0 aromatic heterocycles. The van der Waals surface area contributed by atoms with Crippen LogP contribution in [-0.4, -0.2) is 35.1 Å². The first kappa shape index (κ1) is 21.2. The number of anilines is 2. The maximum Gasteiger partial charge on any atom is 0.264 e. The van der Waals surface area contributed by atoms with Crippen molar-refractivity contribution < 1.29 is 22.7 Å². The Bertz CT molecular complexity index is 1100. The van der Waals surface area contributed by atoms with Crippen LogP contribution in [0.2, 0.25) is 0 Å². The third kappa shape index (κ3) is 4.72. The topological polar surface area (TPSA) is 84.9 Å². The molecule has 1 N–H and O–H groups in total. The molecular formula is C22H22N2O5S. The minimum absolute atomic E-state index is 0.0762. The van der Waals surface area contributed by atoms with Gasteiger partial charge in [-0.05, 0) is 36.4 Å². The van der Waals surface area contributed by atoms with E-state index in [2.05, 4.69) is 5.32 Å². The Hall–Kier alpha value is -3.52. The van der Waals surface area contributed by atoms with Crippen LogP contribution >= 0.6 is 0 Å². The number of hydrogen-bond donors (Lipinski definition) is 1. The van der Waals surface area contributed by atoms with E-state index in [1.54, 1.807) is 54.6 Å². The fourth-order valence-electron chi connectivity index (χ4n) is 2.87. The molecule has 7 nitrogen and oxygen atoms in total. The number of methoxy groups -OCH3 is 2. The SMILES string of the molecule is COc1ccc(N(CC(=O)Nc2ccccc2)S(=O)(=O)c2ccccc2)cc1OC. The van der Waals surface area contributed by atoms with Gasteiger partial charge in [0.1, 0.15) is 6.54 Å². The highest BCUT2D eigenvalue weighted by Gasteiger charge is 2.28. The van der Waals surface area contributed by atoms with Gasteiger partial charge in [-0.25, -0.2) is 8.42 Å². The van der Waals surface area contributed by atoms with Crippen LogP contribution in [0.3, 0.4) is 0 Å². The number of amides is 1. The van der Waals surface area contributed by atoms with E-state index < -0.39 is 22.5 Å². The van der Waals surface area contributed by atoms with E-state index in [0.717, 1.165) is 4.31 Å². The van der Waals surface area contributed by atoms with E-state index in [1.807, 2.05) is 6.07 Å². The predicted molar refractivity (Wildman–Crippen MR) is 116 cm³/mol. The van der Waals surface area contributed by atoms with Crippen LogP contribution < -0.4 is 19.1 Å². The molecular weight excluding hydrogens is 404 g/mol. The zero-order chi connectivity index (χ0) is 21.6. The van der Waals surface area contributed by atoms with Crippen LogP contribution in [0.1, 0.15) is 0 Å². The molecule has 0 fully saturated rings. The Morgan fingerprint density at radius 3 is 2.07 bits per heavy atom. The maximum atomic E-state index is 13.3. The largest absolute Gasteiger partial charge is 0.493 e. The van der Waals surface area contributed by atoms with Gasteiger partial charge in [-0.15, -0.1) is 0 Å². The van der Waals surface area contributed by atoms with Gasteiger partial charge in [-0.3, -0.25) is 9.10 Å². The standard InChI is InChI=1S/C22H22N2O5S/c1-28-20-14-13-18(15-21(20)29-2)24(30(26,27)19-11-7-4-8-12-19)16-22(25)23-17-9-5-3-6-10-17/h3-15H,16H2,1-2H3,(H,23,25). The molecule has 0 radical (unpaired) electrons. The van der Waals surface area contributed by atoms with Crippen molar-refractivity contribution >= 4 is 27.3 Å². The van der Waals surface area contributed by atoms with E-state index in [-0.39, 0.29) is 10.6 Å². The maximum absolute atomic E-state index is 13.3. The summed E-state index contributed by atoms with van der Waals surface area (Å²) in [6, 6.07) is 21.5. The van der Waals surface area contributed by atoms with Gasteiger partial charge < -0.3 is 14.8 Å². The predicted octanol–water partition coefficient (Wildman–Crippen LogP) is 3.54. The fourth-order valence-corrected chi connectivity index (χ4v) is 4.30. The molecule has 0 atom stereocenters. The fraction of sp³-hybridized carbons (Fsp3) is 0.136. The highest BCUT2D eigenvalue weighted by atomic mass is 32.2. The van der Waals surface area contributed by atoms with Gasteiger partial charge in [-0.2, -0.15) is 0 Å². The number of nitrogens with zero attached hydrogens (tertiary/aromatic N) is 1. The Labute approximate surface area is 175 Å². The van der Waals surface area contributed by atoms with Crippen molar-refractivity contribution in [3.63, 3.8) is 0 Å². The lowest BCUT2D eigenvalue weighted by atomic mass is 10.2. The van der Waals surface area contributed by atoms with Crippen LogP contribution in [0.5, 0.6) is 11.5 Å². The average molecular weight is 426 g/mol. The summed E-state index contributed by atoms with van der Waals surface area (Å²) in [6.45, 7) is -0.415. The van der Waals surface area contributed by atoms with Gasteiger partial charge in [0.25, 0.3) is 10.0 Å². The highest BCUT2D eigenvalue weighted by molar-refractivity contribution is 7.92. The van der Waals surface area contributed by atoms with Gasteiger partial charge in [-0.1, -0.05) is 36.4 Å². The van der Waals surface area contributed by atoms with Crippen LogP contribution in [0, 0.1) is 0 Å². The number of nitrogens with one attached hydrogen (secondary N) is 1. The second-order valence-corrected chi connectivity index (χ2v) is 8.14. The van der Waals surface area contributed by atoms with Gasteiger partial charge >= 0.3 is 0 Å². The lowest BCUT2D eigenvalue weighted by molar-refractivity contribution is -0.114. The number of para-hydroxylation sites is 1. The van der Waals surface area contributed by atoms with E-state index in [0.29, 0.717) is 17.2 Å². The van der Waals surface area contributed by atoms with Crippen LogP contribution in [-0.2, 0) is 14.8 Å². The summed E-state index contributed by atoms with van der Waals surface area (Å²) in [4.78, 5) is 12.8. The Balaban J connectivity index is 2.00. The molecule has 0 unspecified atom stereocenters. The van der Waals surface area contributed by atoms with E-state index in [9.17, 15) is 13.2 Å². The summed E-state index contributed by atoms with van der Waals surface area (Å²) in [5, 5.41) is 2.72. The molecule has 0 aliphatic carbocycles. The number of benzene rings is 3. The normalized spacial score (nSPS) is 10.9. The minimum atomic E-state index is -4.01. The summed E-state index contributed by atoms with van der Waals surface area (Å²) >= 11 is 0. The molecule has 0 bridgehead atoms.